The van der Waals surface area contributed by atoms with Crippen molar-refractivity contribution >= 4 is 0 Å². The van der Waals surface area contributed by atoms with Gasteiger partial charge in [0.05, 0.1) is 0 Å². The van der Waals surface area contributed by atoms with Crippen molar-refractivity contribution in [1.82, 2.24) is 0 Å². The zero-order valence-corrected chi connectivity index (χ0v) is 20.8. The largest absolute Gasteiger partial charge is 0.365 e. The van der Waals surface area contributed by atoms with Crippen molar-refractivity contribution in [3.05, 3.63) is 0 Å². The van der Waals surface area contributed by atoms with Crippen molar-refractivity contribution < 1.29 is 10.2 Å². The van der Waals surface area contributed by atoms with Gasteiger partial charge in [-0.25, -0.2) is 0 Å². The van der Waals surface area contributed by atoms with E-state index in [-0.39, 0.29) is 5.41 Å². The Morgan fingerprint density at radius 3 is 2.23 bits per heavy atom. The molecule has 0 aliphatic heterocycles. The molecule has 0 aromatic heterocycles. The van der Waals surface area contributed by atoms with Gasteiger partial charge in [-0.2, -0.15) is 0 Å². The Morgan fingerprint density at radius 2 is 1.53 bits per heavy atom. The molecule has 0 saturated heterocycles. The Labute approximate surface area is 186 Å². The van der Waals surface area contributed by atoms with Crippen LogP contribution in [-0.2, 0) is 0 Å². The van der Waals surface area contributed by atoms with E-state index in [2.05, 4.69) is 41.5 Å². The summed E-state index contributed by atoms with van der Waals surface area (Å²) in [7, 11) is 0. The molecule has 0 spiro atoms. The van der Waals surface area contributed by atoms with Gasteiger partial charge >= 0.3 is 0 Å². The molecular weight excluding hydrogens is 368 g/mol. The Kier molecular flexibility index (Phi) is 6.20. The Hall–Kier alpha value is -0.0800. The first-order valence-corrected chi connectivity index (χ1v) is 13.5. The molecule has 0 bridgehead atoms. The molecule has 4 aliphatic carbocycles. The Bertz CT molecular complexity index is 612. The smallest absolute Gasteiger partial charge is 0.168 e. The summed E-state index contributed by atoms with van der Waals surface area (Å²) in [4.78, 5) is 0. The van der Waals surface area contributed by atoms with Gasteiger partial charge in [-0.1, -0.05) is 54.4 Å². The molecule has 0 radical (unpaired) electrons. The molecule has 9 atom stereocenters. The molecule has 174 valence electrons. The highest BCUT2D eigenvalue weighted by molar-refractivity contribution is 5.12. The van der Waals surface area contributed by atoms with E-state index in [0.717, 1.165) is 36.0 Å². The lowest BCUT2D eigenvalue weighted by Crippen LogP contribution is -2.63. The predicted molar refractivity (Wildman–Crippen MR) is 125 cm³/mol. The van der Waals surface area contributed by atoms with E-state index in [1.54, 1.807) is 0 Å². The van der Waals surface area contributed by atoms with Gasteiger partial charge in [-0.05, 0) is 104 Å². The number of fused-ring (bicyclic) bond motifs is 5. The fourth-order valence-corrected chi connectivity index (χ4v) is 9.40. The maximum Gasteiger partial charge on any atom is 0.168 e. The van der Waals surface area contributed by atoms with E-state index in [9.17, 15) is 10.2 Å². The van der Waals surface area contributed by atoms with E-state index in [1.807, 2.05) is 0 Å². The molecule has 4 saturated carbocycles. The number of aliphatic hydroxyl groups is 2. The van der Waals surface area contributed by atoms with Crippen LogP contribution in [0.3, 0.4) is 0 Å². The van der Waals surface area contributed by atoms with Crippen LogP contribution in [0.1, 0.15) is 112 Å². The average molecular weight is 419 g/mol. The summed E-state index contributed by atoms with van der Waals surface area (Å²) in [5, 5.41) is 22.3. The highest BCUT2D eigenvalue weighted by atomic mass is 16.5. The lowest BCUT2D eigenvalue weighted by molar-refractivity contribution is -0.313. The summed E-state index contributed by atoms with van der Waals surface area (Å²) in [5.41, 5.74) is 0.193. The zero-order valence-electron chi connectivity index (χ0n) is 20.8. The summed E-state index contributed by atoms with van der Waals surface area (Å²) in [6, 6.07) is 0. The molecule has 0 amide bonds. The first-order chi connectivity index (χ1) is 14.0. The monoisotopic (exact) mass is 418 g/mol. The highest BCUT2D eigenvalue weighted by Gasteiger charge is 2.65. The summed E-state index contributed by atoms with van der Waals surface area (Å²) in [5.74, 6) is 4.42. The minimum atomic E-state index is -1.45. The van der Waals surface area contributed by atoms with Crippen LogP contribution >= 0.6 is 0 Å². The second kappa shape index (κ2) is 8.05. The van der Waals surface area contributed by atoms with Gasteiger partial charge in [0.1, 0.15) is 0 Å². The van der Waals surface area contributed by atoms with Crippen LogP contribution in [0, 0.1) is 58.2 Å². The second-order valence-electron chi connectivity index (χ2n) is 13.1. The molecule has 2 N–H and O–H groups in total. The molecule has 2 nitrogen and oxygen atoms in total. The summed E-state index contributed by atoms with van der Waals surface area (Å²) in [6.07, 6.45) is 13.4. The fraction of sp³-hybridized carbons (Fsp3) is 1.00. The van der Waals surface area contributed by atoms with E-state index in [0.29, 0.717) is 29.6 Å². The van der Waals surface area contributed by atoms with Crippen LogP contribution in [0.4, 0.5) is 0 Å². The van der Waals surface area contributed by atoms with E-state index in [1.165, 1.54) is 57.8 Å². The lowest BCUT2D eigenvalue weighted by atomic mass is 9.43. The first-order valence-electron chi connectivity index (χ1n) is 13.5. The summed E-state index contributed by atoms with van der Waals surface area (Å²) >= 11 is 0. The van der Waals surface area contributed by atoms with Crippen molar-refractivity contribution in [2.45, 2.75) is 118 Å². The topological polar surface area (TPSA) is 40.5 Å². The molecular formula is C28H50O2. The minimum Gasteiger partial charge on any atom is -0.365 e. The fourth-order valence-electron chi connectivity index (χ4n) is 9.40. The van der Waals surface area contributed by atoms with E-state index >= 15 is 0 Å². The van der Waals surface area contributed by atoms with Crippen molar-refractivity contribution in [3.63, 3.8) is 0 Å². The van der Waals surface area contributed by atoms with Crippen molar-refractivity contribution in [2.24, 2.45) is 58.2 Å². The van der Waals surface area contributed by atoms with E-state index < -0.39 is 5.79 Å². The third-order valence-electron chi connectivity index (χ3n) is 11.8. The standard InChI is InChI=1S/C28H50O2/c1-18(2)19(3)9-10-20(4)23-13-14-24-22-12-11-21-8-7-16-28(29,30)27(21,6)25(22)15-17-26(23,24)5/h18-25,29-30H,7-17H2,1-6H3/t19-,20+,21+,22+,23+,24-,25-,26+,27-/m0/s1. The van der Waals surface area contributed by atoms with Gasteiger partial charge in [-0.3, -0.25) is 0 Å². The third-order valence-corrected chi connectivity index (χ3v) is 11.8. The van der Waals surface area contributed by atoms with Crippen LogP contribution in [-0.4, -0.2) is 16.0 Å². The minimum absolute atomic E-state index is 0.286. The van der Waals surface area contributed by atoms with Crippen molar-refractivity contribution in [1.29, 1.82) is 0 Å². The van der Waals surface area contributed by atoms with Gasteiger partial charge in [0.25, 0.3) is 0 Å². The molecule has 2 heteroatoms. The maximum atomic E-state index is 11.1. The van der Waals surface area contributed by atoms with Crippen LogP contribution < -0.4 is 0 Å². The van der Waals surface area contributed by atoms with Gasteiger partial charge in [0.15, 0.2) is 5.79 Å². The molecule has 4 rings (SSSR count). The van der Waals surface area contributed by atoms with Crippen LogP contribution in [0.5, 0.6) is 0 Å². The summed E-state index contributed by atoms with van der Waals surface area (Å²) < 4.78 is 0. The predicted octanol–water partition coefficient (Wildman–Crippen LogP) is 7.03. The van der Waals surface area contributed by atoms with Crippen LogP contribution in [0.2, 0.25) is 0 Å². The second-order valence-corrected chi connectivity index (χ2v) is 13.1. The quantitative estimate of drug-likeness (QED) is 0.470. The maximum absolute atomic E-state index is 11.1. The molecule has 0 unspecified atom stereocenters. The zero-order chi connectivity index (χ0) is 21.9. The average Bonchev–Trinajstić information content (AvgIpc) is 3.04. The highest BCUT2D eigenvalue weighted by Crippen LogP contribution is 2.69. The number of hydrogen-bond donors (Lipinski definition) is 2. The van der Waals surface area contributed by atoms with Gasteiger partial charge in [0, 0.05) is 11.8 Å². The van der Waals surface area contributed by atoms with E-state index in [4.69, 9.17) is 0 Å². The third kappa shape index (κ3) is 3.42. The first kappa shape index (κ1) is 23.1. The summed E-state index contributed by atoms with van der Waals surface area (Å²) in [6.45, 7) is 14.6. The number of rotatable bonds is 5. The van der Waals surface area contributed by atoms with Gasteiger partial charge in [-0.15, -0.1) is 0 Å². The lowest BCUT2D eigenvalue weighted by Gasteiger charge is -2.63. The Morgan fingerprint density at radius 1 is 0.800 bits per heavy atom. The van der Waals surface area contributed by atoms with Gasteiger partial charge < -0.3 is 10.2 Å². The van der Waals surface area contributed by atoms with Gasteiger partial charge in [0.2, 0.25) is 0 Å². The van der Waals surface area contributed by atoms with Crippen molar-refractivity contribution in [3.8, 4) is 0 Å². The molecule has 0 aromatic rings. The SMILES string of the molecule is CC(C)[C@@H](C)CC[C@@H](C)[C@H]1CC[C@H]2[C@H]3CC[C@H]4CCCC(O)(O)[C@]4(C)[C@H]3CC[C@]12C. The molecule has 0 heterocycles. The molecule has 4 aliphatic rings. The molecule has 0 aromatic carbocycles. The normalized spacial score (nSPS) is 47.3. The van der Waals surface area contributed by atoms with Crippen LogP contribution in [0.15, 0.2) is 0 Å². The molecule has 30 heavy (non-hydrogen) atoms. The van der Waals surface area contributed by atoms with Crippen LogP contribution in [0.25, 0.3) is 0 Å². The Balaban J connectivity index is 1.51. The molecule has 4 fully saturated rings. The number of hydrogen-bond acceptors (Lipinski definition) is 2. The van der Waals surface area contributed by atoms with Crippen molar-refractivity contribution in [2.75, 3.05) is 0 Å².